The fourth-order valence-electron chi connectivity index (χ4n) is 0. The van der Waals surface area contributed by atoms with Crippen LogP contribution in [0.4, 0.5) is 0 Å². The van der Waals surface area contributed by atoms with Crippen LogP contribution in [-0.2, 0) is 0 Å². The van der Waals surface area contributed by atoms with Gasteiger partial charge >= 0.3 is 0 Å². The second-order valence-corrected chi connectivity index (χ2v) is 3.79. The van der Waals surface area contributed by atoms with Crippen molar-refractivity contribution >= 4 is 0 Å². The first-order chi connectivity index (χ1) is 4.37. The third kappa shape index (κ3) is 24.6. The molecule has 0 spiro atoms. The van der Waals surface area contributed by atoms with E-state index in [0.29, 0.717) is 6.04 Å². The molecular formula is C9H23N. The van der Waals surface area contributed by atoms with E-state index in [1.54, 1.807) is 0 Å². The Balaban J connectivity index is 0. The Morgan fingerprint density at radius 3 is 0.900 bits per heavy atom. The quantitative estimate of drug-likeness (QED) is 0.548. The van der Waals surface area contributed by atoms with Crippen molar-refractivity contribution in [3.05, 3.63) is 0 Å². The van der Waals surface area contributed by atoms with Crippen molar-refractivity contribution in [2.75, 3.05) is 14.1 Å². The molecule has 0 aliphatic carbocycles. The Bertz CT molecular complexity index is 47.0. The van der Waals surface area contributed by atoms with Gasteiger partial charge < -0.3 is 4.90 Å². The molecule has 1 heteroatoms. The summed E-state index contributed by atoms with van der Waals surface area (Å²) in [7, 11) is 4.15. The van der Waals surface area contributed by atoms with Crippen LogP contribution in [0.15, 0.2) is 0 Å². The van der Waals surface area contributed by atoms with Gasteiger partial charge in [0.15, 0.2) is 0 Å². The summed E-state index contributed by atoms with van der Waals surface area (Å²) in [6.45, 7) is 10.8. The van der Waals surface area contributed by atoms with E-state index in [1.807, 2.05) is 0 Å². The lowest BCUT2D eigenvalue weighted by atomic mass is 10.3. The summed E-state index contributed by atoms with van der Waals surface area (Å²) in [6, 6.07) is 0.685. The zero-order chi connectivity index (χ0) is 8.73. The lowest BCUT2D eigenvalue weighted by molar-refractivity contribution is 0.335. The third-order valence-corrected chi connectivity index (χ3v) is 1.03. The van der Waals surface area contributed by atoms with Crippen LogP contribution in [0.2, 0.25) is 0 Å². The number of hydrogen-bond donors (Lipinski definition) is 0. The van der Waals surface area contributed by atoms with Gasteiger partial charge in [0.25, 0.3) is 0 Å². The molecule has 0 amide bonds. The second kappa shape index (κ2) is 7.07. The zero-order valence-corrected chi connectivity index (χ0v) is 8.60. The summed E-state index contributed by atoms with van der Waals surface area (Å²) in [4.78, 5) is 2.17. The van der Waals surface area contributed by atoms with Crippen LogP contribution < -0.4 is 0 Å². The van der Waals surface area contributed by atoms with Crippen LogP contribution in [-0.4, -0.2) is 25.0 Å². The van der Waals surface area contributed by atoms with Crippen LogP contribution in [0.25, 0.3) is 0 Å². The molecule has 10 heavy (non-hydrogen) atoms. The summed E-state index contributed by atoms with van der Waals surface area (Å²) in [5.41, 5.74) is 0. The lowest BCUT2D eigenvalue weighted by Gasteiger charge is -2.12. The fourth-order valence-corrected chi connectivity index (χ4v) is 0. The lowest BCUT2D eigenvalue weighted by Crippen LogP contribution is -2.20. The molecule has 0 heterocycles. The minimum Gasteiger partial charge on any atom is -0.307 e. The van der Waals surface area contributed by atoms with Gasteiger partial charge in [0.1, 0.15) is 0 Å². The molecule has 0 saturated carbocycles. The summed E-state index contributed by atoms with van der Waals surface area (Å²) >= 11 is 0. The summed E-state index contributed by atoms with van der Waals surface area (Å²) in [5.74, 6) is 0.833. The van der Waals surface area contributed by atoms with Gasteiger partial charge in [-0.3, -0.25) is 0 Å². The van der Waals surface area contributed by atoms with E-state index in [0.717, 1.165) is 5.92 Å². The van der Waals surface area contributed by atoms with Crippen molar-refractivity contribution < 1.29 is 0 Å². The fraction of sp³-hybridized carbons (Fsp3) is 1.00. The molecule has 0 aromatic rings. The van der Waals surface area contributed by atoms with Gasteiger partial charge in [-0.15, -0.1) is 0 Å². The van der Waals surface area contributed by atoms with Crippen LogP contribution in [0.1, 0.15) is 34.6 Å². The van der Waals surface area contributed by atoms with E-state index < -0.39 is 0 Å². The maximum atomic E-state index is 2.17. The Morgan fingerprint density at radius 2 is 0.900 bits per heavy atom. The molecule has 0 aliphatic heterocycles. The third-order valence-electron chi connectivity index (χ3n) is 1.03. The standard InChI is InChI=1S/C5H13N.C4H10/c1-5(2)6(3)4;1-4(2)3/h5H,1-4H3;4H,1-3H3. The molecule has 0 aliphatic rings. The molecular weight excluding hydrogens is 122 g/mol. The molecule has 0 fully saturated rings. The Morgan fingerprint density at radius 1 is 0.800 bits per heavy atom. The van der Waals surface area contributed by atoms with Crippen molar-refractivity contribution in [3.63, 3.8) is 0 Å². The van der Waals surface area contributed by atoms with Crippen molar-refractivity contribution in [2.45, 2.75) is 40.7 Å². The summed E-state index contributed by atoms with van der Waals surface area (Å²) in [6.07, 6.45) is 0. The number of hydrogen-bond acceptors (Lipinski definition) is 1. The van der Waals surface area contributed by atoms with Gasteiger partial charge in [-0.05, 0) is 33.9 Å². The average molecular weight is 145 g/mol. The van der Waals surface area contributed by atoms with E-state index in [9.17, 15) is 0 Å². The van der Waals surface area contributed by atoms with Crippen molar-refractivity contribution in [3.8, 4) is 0 Å². The van der Waals surface area contributed by atoms with Crippen LogP contribution in [0, 0.1) is 5.92 Å². The Kier molecular flexibility index (Phi) is 8.92. The van der Waals surface area contributed by atoms with Crippen LogP contribution in [0.3, 0.4) is 0 Å². The van der Waals surface area contributed by atoms with E-state index >= 15 is 0 Å². The molecule has 0 aromatic heterocycles. The maximum Gasteiger partial charge on any atom is 0.00324 e. The van der Waals surface area contributed by atoms with Gasteiger partial charge in [-0.1, -0.05) is 20.8 Å². The predicted octanol–water partition coefficient (Wildman–Crippen LogP) is 2.62. The smallest absolute Gasteiger partial charge is 0.00324 e. The van der Waals surface area contributed by atoms with Gasteiger partial charge in [-0.2, -0.15) is 0 Å². The first-order valence-corrected chi connectivity index (χ1v) is 4.04. The van der Waals surface area contributed by atoms with E-state index in [2.05, 4.69) is 53.6 Å². The first kappa shape index (κ1) is 12.6. The predicted molar refractivity (Wildman–Crippen MR) is 49.3 cm³/mol. The topological polar surface area (TPSA) is 3.24 Å². The maximum absolute atomic E-state index is 2.17. The van der Waals surface area contributed by atoms with Gasteiger partial charge in [0.2, 0.25) is 0 Å². The largest absolute Gasteiger partial charge is 0.307 e. The van der Waals surface area contributed by atoms with Crippen molar-refractivity contribution in [2.24, 2.45) is 5.92 Å². The molecule has 0 bridgehead atoms. The minimum atomic E-state index is 0.685. The molecule has 0 saturated heterocycles. The molecule has 0 rings (SSSR count). The molecule has 0 N–H and O–H groups in total. The highest BCUT2D eigenvalue weighted by atomic mass is 15.1. The summed E-state index contributed by atoms with van der Waals surface area (Å²) < 4.78 is 0. The molecule has 0 radical (unpaired) electrons. The minimum absolute atomic E-state index is 0.685. The van der Waals surface area contributed by atoms with E-state index in [1.165, 1.54) is 0 Å². The van der Waals surface area contributed by atoms with Crippen LogP contribution in [0.5, 0.6) is 0 Å². The van der Waals surface area contributed by atoms with Crippen LogP contribution >= 0.6 is 0 Å². The van der Waals surface area contributed by atoms with E-state index in [4.69, 9.17) is 0 Å². The Labute approximate surface area is 66.4 Å². The Hall–Kier alpha value is -0.0400. The highest BCUT2D eigenvalue weighted by molar-refractivity contribution is 4.46. The SMILES string of the molecule is CC(C)C.CC(C)N(C)C. The van der Waals surface area contributed by atoms with Gasteiger partial charge in [-0.25, -0.2) is 0 Å². The first-order valence-electron chi connectivity index (χ1n) is 4.04. The highest BCUT2D eigenvalue weighted by Gasteiger charge is 1.90. The van der Waals surface area contributed by atoms with E-state index in [-0.39, 0.29) is 0 Å². The molecule has 1 nitrogen and oxygen atoms in total. The van der Waals surface area contributed by atoms with Crippen molar-refractivity contribution in [1.29, 1.82) is 0 Å². The molecule has 64 valence electrons. The number of nitrogens with zero attached hydrogens (tertiary/aromatic N) is 1. The molecule has 0 unspecified atom stereocenters. The highest BCUT2D eigenvalue weighted by Crippen LogP contribution is 1.84. The monoisotopic (exact) mass is 145 g/mol. The van der Waals surface area contributed by atoms with Crippen molar-refractivity contribution in [1.82, 2.24) is 4.90 Å². The van der Waals surface area contributed by atoms with Gasteiger partial charge in [0, 0.05) is 6.04 Å². The molecule has 0 atom stereocenters. The number of rotatable bonds is 1. The zero-order valence-electron chi connectivity index (χ0n) is 8.60. The summed E-state index contributed by atoms with van der Waals surface area (Å²) in [5, 5.41) is 0. The van der Waals surface area contributed by atoms with Gasteiger partial charge in [0.05, 0.1) is 0 Å². The second-order valence-electron chi connectivity index (χ2n) is 3.79. The molecule has 0 aromatic carbocycles. The average Bonchev–Trinajstić information content (AvgIpc) is 1.63. The normalized spacial score (nSPS) is 10.2.